The molecule has 1 heterocycles. The largest absolute Gasteiger partial charge is 0.489 e. The molecule has 0 N–H and O–H groups in total. The van der Waals surface area contributed by atoms with Crippen molar-refractivity contribution in [3.63, 3.8) is 0 Å². The van der Waals surface area contributed by atoms with Crippen molar-refractivity contribution in [2.45, 2.75) is 0 Å². The Bertz CT molecular complexity index is 425. The minimum absolute atomic E-state index is 0.00218. The van der Waals surface area contributed by atoms with Crippen molar-refractivity contribution in [3.05, 3.63) is 35.2 Å². The molecule has 0 fully saturated rings. The van der Waals surface area contributed by atoms with E-state index in [0.29, 0.717) is 0 Å². The maximum atomic E-state index is 11.7. The van der Waals surface area contributed by atoms with Crippen LogP contribution in [0.5, 0.6) is 0 Å². The molecule has 2 rings (SSSR count). The quantitative estimate of drug-likeness (QED) is 0.729. The van der Waals surface area contributed by atoms with Gasteiger partial charge in [-0.2, -0.15) is 0 Å². The van der Waals surface area contributed by atoms with E-state index in [4.69, 9.17) is 13.9 Å². The number of Topliss-reactive ketones (excluding diaryl/α,β-unsaturated/α-hetero) is 2. The number of rotatable bonds is 2. The Labute approximate surface area is 85.3 Å². The molecular formula is C10H8O5. The lowest BCUT2D eigenvalue weighted by atomic mass is 10.00. The molecule has 0 unspecified atom stereocenters. The van der Waals surface area contributed by atoms with Gasteiger partial charge in [-0.15, -0.1) is 0 Å². The summed E-state index contributed by atoms with van der Waals surface area (Å²) in [6.07, 6.45) is 1.28. The zero-order valence-corrected chi connectivity index (χ0v) is 8.20. The lowest BCUT2D eigenvalue weighted by Gasteiger charge is -2.14. The number of fused-ring (bicyclic) bond motifs is 1. The second-order valence-corrected chi connectivity index (χ2v) is 2.89. The molecule has 1 aliphatic carbocycles. The number of ether oxygens (including phenoxy) is 2. The molecule has 0 bridgehead atoms. The number of ketones is 2. The summed E-state index contributed by atoms with van der Waals surface area (Å²) in [5.74, 6) is -1.09. The van der Waals surface area contributed by atoms with Crippen LogP contribution >= 0.6 is 0 Å². The van der Waals surface area contributed by atoms with Crippen molar-refractivity contribution in [3.8, 4) is 0 Å². The molecule has 15 heavy (non-hydrogen) atoms. The van der Waals surface area contributed by atoms with Crippen LogP contribution in [-0.2, 0) is 9.47 Å². The summed E-state index contributed by atoms with van der Waals surface area (Å²) in [5.41, 5.74) is 0.206. The Morgan fingerprint density at radius 3 is 2.27 bits per heavy atom. The molecule has 0 saturated carbocycles. The maximum absolute atomic E-state index is 11.7. The first-order chi connectivity index (χ1) is 7.20. The highest BCUT2D eigenvalue weighted by Crippen LogP contribution is 2.27. The SMILES string of the molecule is COC1=C(OC)C(=O)c2occc2C1=O. The van der Waals surface area contributed by atoms with Gasteiger partial charge in [0.2, 0.25) is 17.3 Å². The van der Waals surface area contributed by atoms with Gasteiger partial charge in [0.05, 0.1) is 26.0 Å². The Morgan fingerprint density at radius 1 is 1.07 bits per heavy atom. The van der Waals surface area contributed by atoms with Crippen molar-refractivity contribution in [1.82, 2.24) is 0 Å². The van der Waals surface area contributed by atoms with Crippen LogP contribution in [0.2, 0.25) is 0 Å². The van der Waals surface area contributed by atoms with Crippen molar-refractivity contribution in [2.24, 2.45) is 0 Å². The molecule has 0 radical (unpaired) electrons. The van der Waals surface area contributed by atoms with Crippen LogP contribution in [0.4, 0.5) is 0 Å². The van der Waals surface area contributed by atoms with Gasteiger partial charge in [0.25, 0.3) is 5.78 Å². The molecule has 0 saturated heterocycles. The molecule has 78 valence electrons. The van der Waals surface area contributed by atoms with Crippen LogP contribution in [0.3, 0.4) is 0 Å². The fourth-order valence-electron chi connectivity index (χ4n) is 1.47. The number of allylic oxidation sites excluding steroid dienone is 2. The second kappa shape index (κ2) is 3.27. The van der Waals surface area contributed by atoms with E-state index in [-0.39, 0.29) is 22.8 Å². The molecule has 0 aliphatic heterocycles. The average molecular weight is 208 g/mol. The highest BCUT2D eigenvalue weighted by atomic mass is 16.5. The molecule has 5 nitrogen and oxygen atoms in total. The van der Waals surface area contributed by atoms with E-state index in [9.17, 15) is 9.59 Å². The molecule has 0 aromatic carbocycles. The smallest absolute Gasteiger partial charge is 0.267 e. The highest BCUT2D eigenvalue weighted by molar-refractivity contribution is 6.24. The van der Waals surface area contributed by atoms with Crippen LogP contribution in [0.1, 0.15) is 20.9 Å². The summed E-state index contributed by atoms with van der Waals surface area (Å²) < 4.78 is 14.6. The Balaban J connectivity index is 2.64. The molecule has 5 heteroatoms. The normalized spacial score (nSPS) is 15.3. The lowest BCUT2D eigenvalue weighted by molar-refractivity contribution is 0.0809. The number of furan rings is 1. The van der Waals surface area contributed by atoms with Gasteiger partial charge in [-0.3, -0.25) is 9.59 Å². The summed E-state index contributed by atoms with van der Waals surface area (Å²) in [7, 11) is 2.61. The van der Waals surface area contributed by atoms with E-state index < -0.39 is 11.6 Å². The van der Waals surface area contributed by atoms with E-state index in [0.717, 1.165) is 0 Å². The topological polar surface area (TPSA) is 65.7 Å². The predicted molar refractivity (Wildman–Crippen MR) is 48.4 cm³/mol. The van der Waals surface area contributed by atoms with Crippen LogP contribution in [-0.4, -0.2) is 25.8 Å². The molecular weight excluding hydrogens is 200 g/mol. The van der Waals surface area contributed by atoms with Crippen molar-refractivity contribution < 1.29 is 23.5 Å². The standard InChI is InChI=1S/C10H8O5/c1-13-9-6(11)5-3-4-15-8(5)7(12)10(9)14-2/h3-4H,1-2H3. The molecule has 0 atom stereocenters. The van der Waals surface area contributed by atoms with E-state index in [2.05, 4.69) is 0 Å². The van der Waals surface area contributed by atoms with Gasteiger partial charge in [-0.1, -0.05) is 0 Å². The highest BCUT2D eigenvalue weighted by Gasteiger charge is 2.36. The fourth-order valence-corrected chi connectivity index (χ4v) is 1.47. The first-order valence-electron chi connectivity index (χ1n) is 4.19. The van der Waals surface area contributed by atoms with Crippen LogP contribution < -0.4 is 0 Å². The number of hydrogen-bond acceptors (Lipinski definition) is 5. The lowest BCUT2D eigenvalue weighted by Crippen LogP contribution is -2.22. The molecule has 0 amide bonds. The number of carbonyl (C=O) groups excluding carboxylic acids is 2. The third-order valence-electron chi connectivity index (χ3n) is 2.14. The maximum Gasteiger partial charge on any atom is 0.267 e. The minimum atomic E-state index is -0.478. The number of methoxy groups -OCH3 is 2. The zero-order chi connectivity index (χ0) is 11.0. The minimum Gasteiger partial charge on any atom is -0.489 e. The number of hydrogen-bond donors (Lipinski definition) is 0. The van der Waals surface area contributed by atoms with Gasteiger partial charge in [0.15, 0.2) is 5.76 Å². The van der Waals surface area contributed by atoms with Gasteiger partial charge < -0.3 is 13.9 Å². The Kier molecular flexibility index (Phi) is 2.07. The van der Waals surface area contributed by atoms with Gasteiger partial charge in [-0.05, 0) is 6.07 Å². The first kappa shape index (κ1) is 9.51. The fraction of sp³-hybridized carbons (Fsp3) is 0.200. The first-order valence-corrected chi connectivity index (χ1v) is 4.19. The van der Waals surface area contributed by atoms with E-state index in [1.54, 1.807) is 0 Å². The van der Waals surface area contributed by atoms with Crippen LogP contribution in [0.25, 0.3) is 0 Å². The van der Waals surface area contributed by atoms with Crippen molar-refractivity contribution in [2.75, 3.05) is 14.2 Å². The van der Waals surface area contributed by atoms with Crippen LogP contribution in [0, 0.1) is 0 Å². The van der Waals surface area contributed by atoms with Gasteiger partial charge >= 0.3 is 0 Å². The van der Waals surface area contributed by atoms with Gasteiger partial charge in [0, 0.05) is 0 Å². The molecule has 0 spiro atoms. The summed E-state index contributed by atoms with van der Waals surface area (Å²) in [5, 5.41) is 0. The third-order valence-corrected chi connectivity index (χ3v) is 2.14. The summed E-state index contributed by atoms with van der Waals surface area (Å²) in [6, 6.07) is 1.43. The monoisotopic (exact) mass is 208 g/mol. The predicted octanol–water partition coefficient (Wildman–Crippen LogP) is 1.16. The van der Waals surface area contributed by atoms with E-state index >= 15 is 0 Å². The van der Waals surface area contributed by atoms with Crippen LogP contribution in [0.15, 0.2) is 28.3 Å². The molecule has 1 aromatic heterocycles. The Morgan fingerprint density at radius 2 is 1.67 bits per heavy atom. The summed E-state index contributed by atoms with van der Waals surface area (Å²) in [6.45, 7) is 0. The molecule has 1 aromatic rings. The number of carbonyl (C=O) groups is 2. The third kappa shape index (κ3) is 1.16. The summed E-state index contributed by atoms with van der Waals surface area (Å²) in [4.78, 5) is 23.5. The zero-order valence-electron chi connectivity index (χ0n) is 8.20. The summed E-state index contributed by atoms with van der Waals surface area (Å²) >= 11 is 0. The average Bonchev–Trinajstić information content (AvgIpc) is 2.72. The molecule has 1 aliphatic rings. The van der Waals surface area contributed by atoms with Crippen molar-refractivity contribution >= 4 is 11.6 Å². The Hall–Kier alpha value is -2.04. The van der Waals surface area contributed by atoms with Crippen molar-refractivity contribution in [1.29, 1.82) is 0 Å². The van der Waals surface area contributed by atoms with E-state index in [1.807, 2.05) is 0 Å². The van der Waals surface area contributed by atoms with Gasteiger partial charge in [-0.25, -0.2) is 0 Å². The van der Waals surface area contributed by atoms with Gasteiger partial charge in [0.1, 0.15) is 0 Å². The van der Waals surface area contributed by atoms with E-state index in [1.165, 1.54) is 26.5 Å². The second-order valence-electron chi connectivity index (χ2n) is 2.89.